The summed E-state index contributed by atoms with van der Waals surface area (Å²) < 4.78 is 29.9. The Morgan fingerprint density at radius 3 is 2.65 bits per heavy atom. The fourth-order valence-electron chi connectivity index (χ4n) is 2.18. The Bertz CT molecular complexity index is 800. The van der Waals surface area contributed by atoms with Crippen LogP contribution in [-0.2, 0) is 4.79 Å². The number of carbonyl (C=O) groups is 2. The Balaban J connectivity index is 1.88. The largest absolute Gasteiger partial charge is 0.434 e. The third-order valence-corrected chi connectivity index (χ3v) is 3.95. The highest BCUT2D eigenvalue weighted by molar-refractivity contribution is 9.10. The summed E-state index contributed by atoms with van der Waals surface area (Å²) >= 11 is 3.33. The molecule has 138 valence electrons. The number of rotatable bonds is 7. The van der Waals surface area contributed by atoms with E-state index in [4.69, 9.17) is 0 Å². The predicted molar refractivity (Wildman–Crippen MR) is 97.5 cm³/mol. The summed E-state index contributed by atoms with van der Waals surface area (Å²) in [7, 11) is 0. The number of halogens is 3. The summed E-state index contributed by atoms with van der Waals surface area (Å²) in [5.41, 5.74) is 1.56. The second-order valence-electron chi connectivity index (χ2n) is 5.39. The molecule has 0 aliphatic heterocycles. The van der Waals surface area contributed by atoms with Crippen LogP contribution in [0.1, 0.15) is 22.3 Å². The van der Waals surface area contributed by atoms with Crippen molar-refractivity contribution in [2.75, 3.05) is 11.9 Å². The molecule has 5 nitrogen and oxygen atoms in total. The fourth-order valence-corrected chi connectivity index (χ4v) is 2.54. The lowest BCUT2D eigenvalue weighted by molar-refractivity contribution is -0.116. The number of alkyl halides is 2. The van der Waals surface area contributed by atoms with Crippen LogP contribution in [0.2, 0.25) is 0 Å². The number of carbonyl (C=O) groups excluding carboxylic acids is 2. The first-order valence-corrected chi connectivity index (χ1v) is 8.54. The van der Waals surface area contributed by atoms with Gasteiger partial charge in [-0.15, -0.1) is 0 Å². The molecule has 8 heteroatoms. The number of para-hydroxylation sites is 1. The SMILES string of the molecule is Cc1ccc(Br)cc1NC(=O)CCNC(=O)c1ccccc1OC(F)F. The van der Waals surface area contributed by atoms with Gasteiger partial charge in [0.2, 0.25) is 5.91 Å². The Labute approximate surface area is 157 Å². The van der Waals surface area contributed by atoms with Gasteiger partial charge in [0.15, 0.2) is 0 Å². The first-order chi connectivity index (χ1) is 12.4. The number of nitrogens with one attached hydrogen (secondary N) is 2. The number of benzene rings is 2. The van der Waals surface area contributed by atoms with Crippen molar-refractivity contribution in [3.05, 3.63) is 58.1 Å². The average molecular weight is 427 g/mol. The minimum atomic E-state index is -3.02. The maximum absolute atomic E-state index is 12.4. The van der Waals surface area contributed by atoms with Crippen LogP contribution in [0.4, 0.5) is 14.5 Å². The van der Waals surface area contributed by atoms with Crippen molar-refractivity contribution < 1.29 is 23.1 Å². The van der Waals surface area contributed by atoms with Crippen LogP contribution in [0.3, 0.4) is 0 Å². The van der Waals surface area contributed by atoms with E-state index in [1.54, 1.807) is 6.07 Å². The van der Waals surface area contributed by atoms with Crippen molar-refractivity contribution in [3.63, 3.8) is 0 Å². The van der Waals surface area contributed by atoms with Gasteiger partial charge in [-0.25, -0.2) is 0 Å². The zero-order valence-electron chi connectivity index (χ0n) is 13.9. The summed E-state index contributed by atoms with van der Waals surface area (Å²) in [5, 5.41) is 5.28. The van der Waals surface area contributed by atoms with Crippen LogP contribution in [0.5, 0.6) is 5.75 Å². The van der Waals surface area contributed by atoms with Gasteiger partial charge in [-0.3, -0.25) is 9.59 Å². The van der Waals surface area contributed by atoms with Gasteiger partial charge in [0.25, 0.3) is 5.91 Å². The maximum atomic E-state index is 12.4. The zero-order valence-corrected chi connectivity index (χ0v) is 15.5. The molecule has 0 saturated heterocycles. The molecule has 0 radical (unpaired) electrons. The van der Waals surface area contributed by atoms with Crippen molar-refractivity contribution in [1.82, 2.24) is 5.32 Å². The number of hydrogen-bond donors (Lipinski definition) is 2. The van der Waals surface area contributed by atoms with Crippen molar-refractivity contribution in [2.24, 2.45) is 0 Å². The molecule has 0 unspecified atom stereocenters. The average Bonchev–Trinajstić information content (AvgIpc) is 2.58. The van der Waals surface area contributed by atoms with Crippen molar-refractivity contribution >= 4 is 33.4 Å². The number of amides is 2. The van der Waals surface area contributed by atoms with Crippen LogP contribution in [0.25, 0.3) is 0 Å². The van der Waals surface area contributed by atoms with Crippen LogP contribution in [-0.4, -0.2) is 25.0 Å². The first-order valence-electron chi connectivity index (χ1n) is 7.75. The summed E-state index contributed by atoms with van der Waals surface area (Å²) in [6.45, 7) is -1.10. The topological polar surface area (TPSA) is 67.4 Å². The van der Waals surface area contributed by atoms with Crippen molar-refractivity contribution in [3.8, 4) is 5.75 Å². The Morgan fingerprint density at radius 2 is 1.92 bits per heavy atom. The van der Waals surface area contributed by atoms with Crippen LogP contribution in [0.15, 0.2) is 46.9 Å². The van der Waals surface area contributed by atoms with E-state index in [2.05, 4.69) is 31.3 Å². The van der Waals surface area contributed by atoms with E-state index in [1.807, 2.05) is 19.1 Å². The predicted octanol–water partition coefficient (Wildman–Crippen LogP) is 4.12. The highest BCUT2D eigenvalue weighted by Crippen LogP contribution is 2.21. The summed E-state index contributed by atoms with van der Waals surface area (Å²) in [4.78, 5) is 24.1. The summed E-state index contributed by atoms with van der Waals surface area (Å²) in [6.07, 6.45) is 0.0373. The molecular formula is C18H17BrF2N2O3. The van der Waals surface area contributed by atoms with E-state index >= 15 is 0 Å². The Kier molecular flexibility index (Phi) is 7.08. The molecule has 0 atom stereocenters. The van der Waals surface area contributed by atoms with Gasteiger partial charge in [-0.2, -0.15) is 8.78 Å². The molecule has 2 N–H and O–H groups in total. The highest BCUT2D eigenvalue weighted by atomic mass is 79.9. The molecule has 0 heterocycles. The quantitative estimate of drug-likeness (QED) is 0.699. The van der Waals surface area contributed by atoms with Gasteiger partial charge in [0, 0.05) is 23.1 Å². The molecule has 0 aliphatic rings. The number of anilines is 1. The van der Waals surface area contributed by atoms with Gasteiger partial charge >= 0.3 is 6.61 Å². The van der Waals surface area contributed by atoms with Crippen LogP contribution in [0, 0.1) is 6.92 Å². The number of ether oxygens (including phenoxy) is 1. The highest BCUT2D eigenvalue weighted by Gasteiger charge is 2.15. The molecule has 2 rings (SSSR count). The maximum Gasteiger partial charge on any atom is 0.387 e. The lowest BCUT2D eigenvalue weighted by atomic mass is 10.2. The third kappa shape index (κ3) is 5.80. The van der Waals surface area contributed by atoms with E-state index in [0.29, 0.717) is 5.69 Å². The Hall–Kier alpha value is -2.48. The molecule has 0 aliphatic carbocycles. The number of hydrogen-bond acceptors (Lipinski definition) is 3. The van der Waals surface area contributed by atoms with E-state index in [-0.39, 0.29) is 30.2 Å². The summed E-state index contributed by atoms with van der Waals surface area (Å²) in [6, 6.07) is 11.2. The third-order valence-electron chi connectivity index (χ3n) is 3.46. The van der Waals surface area contributed by atoms with Crippen LogP contribution >= 0.6 is 15.9 Å². The second kappa shape index (κ2) is 9.28. The normalized spacial score (nSPS) is 10.5. The molecule has 2 aromatic carbocycles. The minimum absolute atomic E-state index is 0.0176. The minimum Gasteiger partial charge on any atom is -0.434 e. The Morgan fingerprint density at radius 1 is 1.19 bits per heavy atom. The molecule has 0 saturated carbocycles. The van der Waals surface area contributed by atoms with Crippen LogP contribution < -0.4 is 15.4 Å². The molecule has 26 heavy (non-hydrogen) atoms. The standard InChI is InChI=1S/C18H17BrF2N2O3/c1-11-6-7-12(19)10-14(11)23-16(24)8-9-22-17(25)13-4-2-3-5-15(13)26-18(20)21/h2-7,10,18H,8-9H2,1H3,(H,22,25)(H,23,24). The van der Waals surface area contributed by atoms with Gasteiger partial charge < -0.3 is 15.4 Å². The van der Waals surface area contributed by atoms with E-state index in [9.17, 15) is 18.4 Å². The zero-order chi connectivity index (χ0) is 19.1. The van der Waals surface area contributed by atoms with Crippen molar-refractivity contribution in [1.29, 1.82) is 0 Å². The van der Waals surface area contributed by atoms with Crippen molar-refractivity contribution in [2.45, 2.75) is 20.0 Å². The van der Waals surface area contributed by atoms with E-state index < -0.39 is 12.5 Å². The van der Waals surface area contributed by atoms with E-state index in [0.717, 1.165) is 10.0 Å². The molecule has 2 amide bonds. The van der Waals surface area contributed by atoms with Gasteiger partial charge in [0.1, 0.15) is 5.75 Å². The fraction of sp³-hybridized carbons (Fsp3) is 0.222. The molecule has 0 aromatic heterocycles. The monoisotopic (exact) mass is 426 g/mol. The first kappa shape index (κ1) is 19.8. The second-order valence-corrected chi connectivity index (χ2v) is 6.30. The molecule has 0 bridgehead atoms. The lowest BCUT2D eigenvalue weighted by Crippen LogP contribution is -2.28. The summed E-state index contributed by atoms with van der Waals surface area (Å²) in [5.74, 6) is -1.08. The lowest BCUT2D eigenvalue weighted by Gasteiger charge is -2.11. The number of aryl methyl sites for hydroxylation is 1. The molecule has 2 aromatic rings. The molecule has 0 fully saturated rings. The molecular weight excluding hydrogens is 410 g/mol. The van der Waals surface area contributed by atoms with Gasteiger partial charge in [-0.05, 0) is 36.8 Å². The van der Waals surface area contributed by atoms with Gasteiger partial charge in [-0.1, -0.05) is 34.1 Å². The smallest absolute Gasteiger partial charge is 0.387 e. The molecule has 0 spiro atoms. The van der Waals surface area contributed by atoms with Gasteiger partial charge in [0.05, 0.1) is 5.56 Å². The van der Waals surface area contributed by atoms with E-state index in [1.165, 1.54) is 24.3 Å².